The molecule has 0 aliphatic heterocycles. The van der Waals surface area contributed by atoms with Crippen LogP contribution in [0.1, 0.15) is 16.7 Å². The van der Waals surface area contributed by atoms with Crippen LogP contribution in [0.25, 0.3) is 23.2 Å². The summed E-state index contributed by atoms with van der Waals surface area (Å²) < 4.78 is 58.3. The van der Waals surface area contributed by atoms with Crippen molar-refractivity contribution in [3.05, 3.63) is 59.5 Å². The van der Waals surface area contributed by atoms with Gasteiger partial charge in [0, 0.05) is 29.6 Å². The summed E-state index contributed by atoms with van der Waals surface area (Å²) in [6.07, 6.45) is -0.840. The van der Waals surface area contributed by atoms with Crippen LogP contribution in [0.2, 0.25) is 0 Å². The maximum atomic E-state index is 13.1. The van der Waals surface area contributed by atoms with Crippen LogP contribution in [0.15, 0.2) is 42.9 Å². The monoisotopic (exact) mass is 421 g/mol. The Kier molecular flexibility index (Phi) is 5.81. The molecule has 3 rings (SSSR count). The second-order valence-electron chi connectivity index (χ2n) is 6.09. The van der Waals surface area contributed by atoms with Gasteiger partial charge < -0.3 is 10.5 Å². The van der Waals surface area contributed by atoms with Gasteiger partial charge in [-0.3, -0.25) is 4.79 Å². The molecule has 30 heavy (non-hydrogen) atoms. The quantitative estimate of drug-likeness (QED) is 0.487. The maximum Gasteiger partial charge on any atom is 0.416 e. The van der Waals surface area contributed by atoms with Crippen LogP contribution >= 0.6 is 0 Å². The van der Waals surface area contributed by atoms with Crippen molar-refractivity contribution in [3.63, 3.8) is 0 Å². The van der Waals surface area contributed by atoms with Gasteiger partial charge in [-0.25, -0.2) is 19.0 Å². The van der Waals surface area contributed by atoms with E-state index in [1.165, 1.54) is 38.0 Å². The summed E-state index contributed by atoms with van der Waals surface area (Å²) in [4.78, 5) is 19.8. The van der Waals surface area contributed by atoms with E-state index in [-0.39, 0.29) is 22.5 Å². The number of pyridine rings is 1. The fraction of sp³-hybridized carbons (Fsp3) is 0.158. The van der Waals surface area contributed by atoms with Crippen molar-refractivity contribution in [2.24, 2.45) is 5.73 Å². The third kappa shape index (κ3) is 4.62. The Morgan fingerprint density at radius 3 is 2.57 bits per heavy atom. The van der Waals surface area contributed by atoms with E-state index < -0.39 is 24.3 Å². The summed E-state index contributed by atoms with van der Waals surface area (Å²) in [5, 5.41) is 4.05. The highest BCUT2D eigenvalue weighted by atomic mass is 19.4. The molecule has 0 fully saturated rings. The van der Waals surface area contributed by atoms with Crippen molar-refractivity contribution >= 4 is 17.7 Å². The molecule has 0 bridgehead atoms. The molecule has 0 atom stereocenters. The number of methoxy groups -OCH3 is 1. The number of halogens is 4. The summed E-state index contributed by atoms with van der Waals surface area (Å²) in [6.45, 7) is -1.08. The van der Waals surface area contributed by atoms with Crippen LogP contribution in [-0.2, 0) is 17.6 Å². The summed E-state index contributed by atoms with van der Waals surface area (Å²) in [6, 6.07) is 5.86. The Hall–Kier alpha value is -3.76. The number of rotatable bonds is 6. The molecule has 2 N–H and O–H groups in total. The van der Waals surface area contributed by atoms with Crippen molar-refractivity contribution in [1.29, 1.82) is 0 Å². The van der Waals surface area contributed by atoms with E-state index in [0.29, 0.717) is 11.4 Å². The molecule has 0 spiro atoms. The number of amides is 1. The van der Waals surface area contributed by atoms with Crippen LogP contribution < -0.4 is 10.5 Å². The van der Waals surface area contributed by atoms with Crippen molar-refractivity contribution < 1.29 is 27.1 Å². The number of primary amides is 1. The van der Waals surface area contributed by atoms with Gasteiger partial charge in [-0.2, -0.15) is 13.2 Å². The number of nitrogens with zero attached hydrogens (tertiary/aromatic N) is 4. The largest absolute Gasteiger partial charge is 0.481 e. The third-order valence-electron chi connectivity index (χ3n) is 4.02. The average Bonchev–Trinajstić information content (AvgIpc) is 3.19. The molecule has 11 heteroatoms. The summed E-state index contributed by atoms with van der Waals surface area (Å²) >= 11 is 0. The van der Waals surface area contributed by atoms with Crippen molar-refractivity contribution in [2.75, 3.05) is 7.11 Å². The highest BCUT2D eigenvalue weighted by molar-refractivity contribution is 6.22. The second kappa shape index (κ2) is 8.31. The number of hydrogen-bond donors (Lipinski definition) is 1. The smallest absolute Gasteiger partial charge is 0.416 e. The molecule has 1 aromatic carbocycles. The van der Waals surface area contributed by atoms with Crippen LogP contribution in [0.5, 0.6) is 5.88 Å². The molecule has 0 saturated heterocycles. The van der Waals surface area contributed by atoms with Gasteiger partial charge in [-0.1, -0.05) is 0 Å². The number of alkyl halides is 4. The molecular weight excluding hydrogens is 406 g/mol. The van der Waals surface area contributed by atoms with E-state index >= 15 is 0 Å². The zero-order valence-corrected chi connectivity index (χ0v) is 15.5. The molecule has 0 aliphatic carbocycles. The molecule has 1 amide bonds. The van der Waals surface area contributed by atoms with Crippen molar-refractivity contribution in [3.8, 4) is 17.3 Å². The van der Waals surface area contributed by atoms with Gasteiger partial charge in [-0.15, -0.1) is 5.10 Å². The first-order chi connectivity index (χ1) is 14.2. The minimum absolute atomic E-state index is 0.0173. The first-order valence-corrected chi connectivity index (χ1v) is 8.42. The molecule has 7 nitrogen and oxygen atoms in total. The van der Waals surface area contributed by atoms with Gasteiger partial charge in [-0.05, 0) is 29.8 Å². The topological polar surface area (TPSA) is 95.9 Å². The molecular formula is C19H15F4N5O2. The highest BCUT2D eigenvalue weighted by Gasteiger charge is 2.31. The summed E-state index contributed by atoms with van der Waals surface area (Å²) in [7, 11) is 1.44. The standard InChI is InChI=1S/C19H15F4N5O2/c1-30-16-3-2-12(8-25-16)15(17(24)29)9-28-10-26-18(27-28)13-4-11(7-20)5-14(6-13)19(21,22)23/h2-6,8-10H,7H2,1H3,(H2,24,29)/b15-9-. The van der Waals surface area contributed by atoms with Gasteiger partial charge in [0.15, 0.2) is 5.82 Å². The maximum absolute atomic E-state index is 13.1. The normalized spacial score (nSPS) is 12.1. The lowest BCUT2D eigenvalue weighted by atomic mass is 10.1. The van der Waals surface area contributed by atoms with E-state index in [2.05, 4.69) is 15.1 Å². The average molecular weight is 421 g/mol. The fourth-order valence-corrected chi connectivity index (χ4v) is 2.60. The van der Waals surface area contributed by atoms with E-state index in [1.54, 1.807) is 6.07 Å². The number of carbonyl (C=O) groups is 1. The Labute approximate surface area is 167 Å². The molecule has 0 saturated carbocycles. The molecule has 0 unspecified atom stereocenters. The third-order valence-corrected chi connectivity index (χ3v) is 4.02. The van der Waals surface area contributed by atoms with Crippen LogP contribution in [0, 0.1) is 0 Å². The first kappa shape index (κ1) is 21.0. The van der Waals surface area contributed by atoms with Gasteiger partial charge in [0.1, 0.15) is 13.0 Å². The van der Waals surface area contributed by atoms with Crippen molar-refractivity contribution in [1.82, 2.24) is 19.7 Å². The minimum atomic E-state index is -4.65. The number of carbonyl (C=O) groups excluding carboxylic acids is 1. The lowest BCUT2D eigenvalue weighted by Gasteiger charge is -2.09. The van der Waals surface area contributed by atoms with Gasteiger partial charge in [0.2, 0.25) is 5.88 Å². The van der Waals surface area contributed by atoms with E-state index in [1.807, 2.05) is 0 Å². The Morgan fingerprint density at radius 1 is 1.23 bits per heavy atom. The molecule has 156 valence electrons. The van der Waals surface area contributed by atoms with E-state index in [0.717, 1.165) is 16.8 Å². The zero-order valence-electron chi connectivity index (χ0n) is 15.5. The molecule has 2 aromatic heterocycles. The van der Waals surface area contributed by atoms with Gasteiger partial charge >= 0.3 is 6.18 Å². The van der Waals surface area contributed by atoms with Gasteiger partial charge in [0.05, 0.1) is 18.2 Å². The predicted octanol–water partition coefficient (Wildman–Crippen LogP) is 3.32. The number of ether oxygens (including phenoxy) is 1. The van der Waals surface area contributed by atoms with E-state index in [9.17, 15) is 22.4 Å². The Balaban J connectivity index is 1.99. The summed E-state index contributed by atoms with van der Waals surface area (Å²) in [5.41, 5.74) is 4.64. The van der Waals surface area contributed by atoms with Crippen LogP contribution in [0.3, 0.4) is 0 Å². The number of nitrogens with two attached hydrogens (primary N) is 1. The fourth-order valence-electron chi connectivity index (χ4n) is 2.60. The zero-order chi connectivity index (χ0) is 21.9. The Bertz CT molecular complexity index is 1090. The van der Waals surface area contributed by atoms with E-state index in [4.69, 9.17) is 10.5 Å². The summed E-state index contributed by atoms with van der Waals surface area (Å²) in [5.74, 6) is -0.527. The van der Waals surface area contributed by atoms with Crippen LogP contribution in [-0.4, -0.2) is 32.8 Å². The molecule has 0 radical (unpaired) electrons. The van der Waals surface area contributed by atoms with Crippen molar-refractivity contribution in [2.45, 2.75) is 12.9 Å². The highest BCUT2D eigenvalue weighted by Crippen LogP contribution is 2.33. The molecule has 3 aromatic rings. The lowest BCUT2D eigenvalue weighted by Crippen LogP contribution is -2.14. The SMILES string of the molecule is COc1ccc(/C(=C/n2cnc(-c3cc(CF)cc(C(F)(F)F)c3)n2)C(N)=O)cn1. The van der Waals surface area contributed by atoms with Crippen LogP contribution in [0.4, 0.5) is 17.6 Å². The molecule has 0 aliphatic rings. The second-order valence-corrected chi connectivity index (χ2v) is 6.09. The molecule has 2 heterocycles. The number of hydrogen-bond acceptors (Lipinski definition) is 5. The Morgan fingerprint density at radius 2 is 2.00 bits per heavy atom. The van der Waals surface area contributed by atoms with Gasteiger partial charge in [0.25, 0.3) is 5.91 Å². The first-order valence-electron chi connectivity index (χ1n) is 8.42. The number of benzene rings is 1. The number of aromatic nitrogens is 4. The minimum Gasteiger partial charge on any atom is -0.481 e. The predicted molar refractivity (Wildman–Crippen MR) is 99.4 cm³/mol. The lowest BCUT2D eigenvalue weighted by molar-refractivity contribution is -0.137.